The first-order valence-corrected chi connectivity index (χ1v) is 10.3. The third-order valence-electron chi connectivity index (χ3n) is 5.97. The smallest absolute Gasteiger partial charge is 0.217 e. The highest BCUT2D eigenvalue weighted by atomic mass is 19.1. The number of benzene rings is 1. The molecule has 1 aromatic heterocycles. The normalized spacial score (nSPS) is 26.6. The quantitative estimate of drug-likeness (QED) is 0.792. The van der Waals surface area contributed by atoms with Gasteiger partial charge in [-0.2, -0.15) is 0 Å². The van der Waals surface area contributed by atoms with E-state index in [1.807, 2.05) is 30.5 Å². The van der Waals surface area contributed by atoms with E-state index in [0.717, 1.165) is 43.4 Å². The van der Waals surface area contributed by atoms with Gasteiger partial charge in [0.15, 0.2) is 0 Å². The predicted octanol–water partition coefficient (Wildman–Crippen LogP) is 4.11. The zero-order valence-corrected chi connectivity index (χ0v) is 16.3. The highest BCUT2D eigenvalue weighted by molar-refractivity contribution is 5.73. The second-order valence-electron chi connectivity index (χ2n) is 8.18. The molecule has 148 valence electrons. The van der Waals surface area contributed by atoms with Gasteiger partial charge in [-0.05, 0) is 55.4 Å². The Labute approximate surface area is 166 Å². The van der Waals surface area contributed by atoms with Crippen LogP contribution in [0.1, 0.15) is 56.1 Å². The summed E-state index contributed by atoms with van der Waals surface area (Å²) in [5.74, 6) is 0.609. The van der Waals surface area contributed by atoms with E-state index in [-0.39, 0.29) is 5.91 Å². The molecular weight excluding hydrogens is 353 g/mol. The minimum Gasteiger partial charge on any atom is -0.354 e. The molecule has 0 radical (unpaired) electrons. The number of amides is 1. The number of alkyl halides is 1. The van der Waals surface area contributed by atoms with E-state index >= 15 is 0 Å². The molecule has 1 heterocycles. The molecule has 5 heteroatoms. The lowest BCUT2D eigenvalue weighted by Crippen LogP contribution is -2.42. The summed E-state index contributed by atoms with van der Waals surface area (Å²) in [4.78, 5) is 15.8. The first-order valence-electron chi connectivity index (χ1n) is 10.3. The van der Waals surface area contributed by atoms with Crippen LogP contribution in [0.15, 0.2) is 42.6 Å². The summed E-state index contributed by atoms with van der Waals surface area (Å²) in [6.07, 6.45) is 7.49. The van der Waals surface area contributed by atoms with Crippen molar-refractivity contribution in [1.29, 1.82) is 0 Å². The molecule has 1 aromatic carbocycles. The van der Waals surface area contributed by atoms with Crippen LogP contribution in [0.4, 0.5) is 4.39 Å². The van der Waals surface area contributed by atoms with Crippen molar-refractivity contribution in [1.82, 2.24) is 15.6 Å². The van der Waals surface area contributed by atoms with Crippen LogP contribution in [0.5, 0.6) is 0 Å². The van der Waals surface area contributed by atoms with Gasteiger partial charge in [-0.1, -0.05) is 24.3 Å². The van der Waals surface area contributed by atoms with Crippen molar-refractivity contribution in [2.45, 2.75) is 69.7 Å². The molecule has 0 saturated heterocycles. The number of carbonyl (C=O) groups is 1. The van der Waals surface area contributed by atoms with E-state index in [1.165, 1.54) is 5.56 Å². The number of hydrogen-bond donors (Lipinski definition) is 2. The van der Waals surface area contributed by atoms with Crippen molar-refractivity contribution < 1.29 is 9.18 Å². The Morgan fingerprint density at radius 3 is 2.61 bits per heavy atom. The molecule has 0 unspecified atom stereocenters. The number of hydrogen-bond acceptors (Lipinski definition) is 3. The van der Waals surface area contributed by atoms with E-state index in [4.69, 9.17) is 0 Å². The number of aromatic nitrogens is 1. The minimum absolute atomic E-state index is 0.0750. The third-order valence-corrected chi connectivity index (χ3v) is 5.97. The molecule has 2 N–H and O–H groups in total. The van der Waals surface area contributed by atoms with Gasteiger partial charge in [0.2, 0.25) is 5.91 Å². The van der Waals surface area contributed by atoms with E-state index in [1.54, 1.807) is 13.0 Å². The summed E-state index contributed by atoms with van der Waals surface area (Å²) >= 11 is 0. The van der Waals surface area contributed by atoms with Crippen LogP contribution in [0.25, 0.3) is 11.3 Å². The monoisotopic (exact) mass is 381 g/mol. The molecule has 2 aromatic rings. The fraction of sp³-hybridized carbons (Fsp3) is 0.478. The van der Waals surface area contributed by atoms with Crippen LogP contribution in [0.3, 0.4) is 0 Å². The highest BCUT2D eigenvalue weighted by Crippen LogP contribution is 2.41. The van der Waals surface area contributed by atoms with Crippen LogP contribution in [-0.4, -0.2) is 29.0 Å². The number of carbonyl (C=O) groups excluding carboxylic acids is 1. The molecule has 28 heavy (non-hydrogen) atoms. The highest BCUT2D eigenvalue weighted by Gasteiger charge is 2.40. The van der Waals surface area contributed by atoms with Gasteiger partial charge in [0.1, 0.15) is 6.67 Å². The fourth-order valence-corrected chi connectivity index (χ4v) is 4.35. The van der Waals surface area contributed by atoms with Crippen LogP contribution in [-0.2, 0) is 11.5 Å². The molecule has 2 fully saturated rings. The average molecular weight is 381 g/mol. The lowest BCUT2D eigenvalue weighted by Gasteiger charge is -2.29. The number of nitrogens with zero attached hydrogens (tertiary/aromatic N) is 1. The van der Waals surface area contributed by atoms with E-state index < -0.39 is 6.67 Å². The van der Waals surface area contributed by atoms with Crippen LogP contribution >= 0.6 is 0 Å². The fourth-order valence-electron chi connectivity index (χ4n) is 4.35. The second-order valence-corrected chi connectivity index (χ2v) is 8.18. The molecule has 1 amide bonds. The SMILES string of the molecule is CC(=O)NC1CCC(N[C@H]2C[C@@H]2c2ccc(-c3cccc(CF)c3)nc2)CC1. The molecule has 2 aliphatic rings. The molecule has 2 atom stereocenters. The van der Waals surface area contributed by atoms with Crippen molar-refractivity contribution in [2.75, 3.05) is 0 Å². The van der Waals surface area contributed by atoms with Gasteiger partial charge in [0.25, 0.3) is 0 Å². The van der Waals surface area contributed by atoms with Crippen molar-refractivity contribution in [3.8, 4) is 11.3 Å². The summed E-state index contributed by atoms with van der Waals surface area (Å²) in [6.45, 7) is 1.14. The molecule has 0 bridgehead atoms. The van der Waals surface area contributed by atoms with Gasteiger partial charge in [0.05, 0.1) is 5.69 Å². The van der Waals surface area contributed by atoms with Crippen molar-refractivity contribution in [3.05, 3.63) is 53.7 Å². The maximum atomic E-state index is 12.9. The lowest BCUT2D eigenvalue weighted by molar-refractivity contribution is -0.119. The lowest BCUT2D eigenvalue weighted by atomic mass is 9.91. The zero-order valence-electron chi connectivity index (χ0n) is 16.3. The summed E-state index contributed by atoms with van der Waals surface area (Å²) in [6, 6.07) is 13.1. The largest absolute Gasteiger partial charge is 0.354 e. The Hall–Kier alpha value is -2.27. The third kappa shape index (κ3) is 4.58. The molecule has 2 aliphatic carbocycles. The van der Waals surface area contributed by atoms with Crippen molar-refractivity contribution >= 4 is 5.91 Å². The first kappa shape index (κ1) is 19.1. The first-order chi connectivity index (χ1) is 13.6. The van der Waals surface area contributed by atoms with Crippen molar-refractivity contribution in [2.24, 2.45) is 0 Å². The number of halogens is 1. The molecular formula is C23H28FN3O. The van der Waals surface area contributed by atoms with Crippen LogP contribution in [0, 0.1) is 0 Å². The Balaban J connectivity index is 1.29. The van der Waals surface area contributed by atoms with E-state index in [0.29, 0.717) is 29.6 Å². The number of rotatable bonds is 6. The summed E-state index contributed by atoms with van der Waals surface area (Å²) < 4.78 is 12.9. The van der Waals surface area contributed by atoms with Gasteiger partial charge in [-0.15, -0.1) is 0 Å². The Kier molecular flexibility index (Phi) is 5.72. The van der Waals surface area contributed by atoms with Crippen LogP contribution in [0.2, 0.25) is 0 Å². The maximum absolute atomic E-state index is 12.9. The predicted molar refractivity (Wildman–Crippen MR) is 109 cm³/mol. The number of pyridine rings is 1. The molecule has 4 rings (SSSR count). The Morgan fingerprint density at radius 1 is 1.14 bits per heavy atom. The van der Waals surface area contributed by atoms with Gasteiger partial charge in [-0.25, -0.2) is 4.39 Å². The molecule has 0 spiro atoms. The van der Waals surface area contributed by atoms with E-state index in [2.05, 4.69) is 21.7 Å². The average Bonchev–Trinajstić information content (AvgIpc) is 3.48. The molecule has 2 saturated carbocycles. The maximum Gasteiger partial charge on any atom is 0.217 e. The number of nitrogens with one attached hydrogen (secondary N) is 2. The van der Waals surface area contributed by atoms with Crippen molar-refractivity contribution in [3.63, 3.8) is 0 Å². The van der Waals surface area contributed by atoms with Crippen LogP contribution < -0.4 is 10.6 Å². The van der Waals surface area contributed by atoms with Gasteiger partial charge >= 0.3 is 0 Å². The summed E-state index contributed by atoms with van der Waals surface area (Å²) in [5.41, 5.74) is 3.81. The Morgan fingerprint density at radius 2 is 1.93 bits per heavy atom. The minimum atomic E-state index is -0.450. The summed E-state index contributed by atoms with van der Waals surface area (Å²) in [7, 11) is 0. The summed E-state index contributed by atoms with van der Waals surface area (Å²) in [5, 5.41) is 6.83. The van der Waals surface area contributed by atoms with E-state index in [9.17, 15) is 9.18 Å². The Bertz CT molecular complexity index is 815. The zero-order chi connectivity index (χ0) is 19.5. The second kappa shape index (κ2) is 8.39. The topological polar surface area (TPSA) is 54.0 Å². The van der Waals surface area contributed by atoms with Gasteiger partial charge < -0.3 is 10.6 Å². The van der Waals surface area contributed by atoms with Gasteiger partial charge in [-0.3, -0.25) is 9.78 Å². The standard InChI is InChI=1S/C23H28FN3O/c1-15(28)26-19-6-8-20(9-7-19)27-23-12-21(23)18-5-10-22(25-14-18)17-4-2-3-16(11-17)13-24/h2-5,10-11,14,19-21,23,27H,6-9,12-13H2,1H3,(H,26,28)/t19?,20?,21-,23+/m1/s1. The molecule has 0 aliphatic heterocycles. The molecule has 4 nitrogen and oxygen atoms in total. The van der Waals surface area contributed by atoms with Gasteiger partial charge in [0, 0.05) is 42.7 Å².